The maximum absolute atomic E-state index is 13.0. The van der Waals surface area contributed by atoms with Crippen molar-refractivity contribution < 1.29 is 13.6 Å². The van der Waals surface area contributed by atoms with Crippen molar-refractivity contribution in [2.24, 2.45) is 0 Å². The molecule has 0 saturated heterocycles. The van der Waals surface area contributed by atoms with Gasteiger partial charge in [0, 0.05) is 23.4 Å². The van der Waals surface area contributed by atoms with E-state index >= 15 is 0 Å². The van der Waals surface area contributed by atoms with E-state index in [4.69, 9.17) is 4.42 Å². The Labute approximate surface area is 143 Å². The van der Waals surface area contributed by atoms with E-state index in [0.29, 0.717) is 16.9 Å². The van der Waals surface area contributed by atoms with Crippen LogP contribution in [-0.2, 0) is 6.54 Å². The molecule has 25 heavy (non-hydrogen) atoms. The van der Waals surface area contributed by atoms with E-state index in [2.05, 4.69) is 10.3 Å². The summed E-state index contributed by atoms with van der Waals surface area (Å²) in [6.45, 7) is 3.73. The number of aryl methyl sites for hydroxylation is 2. The van der Waals surface area contributed by atoms with Crippen LogP contribution in [0.2, 0.25) is 0 Å². The molecule has 3 aromatic rings. The quantitative estimate of drug-likeness (QED) is 0.765. The number of furan rings is 1. The Hall–Kier alpha value is -3.15. The highest BCUT2D eigenvalue weighted by Crippen LogP contribution is 2.22. The van der Waals surface area contributed by atoms with Gasteiger partial charge in [0.05, 0.1) is 0 Å². The first-order valence-electron chi connectivity index (χ1n) is 7.77. The van der Waals surface area contributed by atoms with Gasteiger partial charge >= 0.3 is 0 Å². The maximum atomic E-state index is 13.0. The van der Waals surface area contributed by atoms with Gasteiger partial charge in [-0.15, -0.1) is 0 Å². The van der Waals surface area contributed by atoms with Gasteiger partial charge in [-0.25, -0.2) is 4.39 Å². The number of H-pyrrole nitrogens is 1. The minimum Gasteiger partial charge on any atom is -0.451 e. The molecule has 3 rings (SSSR count). The zero-order valence-electron chi connectivity index (χ0n) is 13.9. The molecular formula is C19H17FN2O3. The van der Waals surface area contributed by atoms with Crippen LogP contribution in [0.4, 0.5) is 4.39 Å². The minimum absolute atomic E-state index is 0.104. The van der Waals surface area contributed by atoms with Crippen molar-refractivity contribution in [2.75, 3.05) is 0 Å². The van der Waals surface area contributed by atoms with Crippen LogP contribution in [0.1, 0.15) is 27.4 Å². The van der Waals surface area contributed by atoms with Crippen LogP contribution in [-0.4, -0.2) is 10.9 Å². The topological polar surface area (TPSA) is 75.1 Å². The second kappa shape index (κ2) is 6.76. The van der Waals surface area contributed by atoms with Gasteiger partial charge in [0.25, 0.3) is 11.5 Å². The molecule has 0 spiro atoms. The van der Waals surface area contributed by atoms with E-state index in [0.717, 1.165) is 11.3 Å². The predicted molar refractivity (Wildman–Crippen MR) is 91.8 cm³/mol. The van der Waals surface area contributed by atoms with Crippen LogP contribution in [0, 0.1) is 19.7 Å². The summed E-state index contributed by atoms with van der Waals surface area (Å²) in [5.41, 5.74) is 2.54. The van der Waals surface area contributed by atoms with Crippen molar-refractivity contribution in [1.29, 1.82) is 0 Å². The highest BCUT2D eigenvalue weighted by Gasteiger charge is 2.13. The standard InChI is InChI=1S/C19H17FN2O3/c1-11-9-12(2)22-18(23)15(11)10-21-19(24)17-8-7-16(25-17)13-3-5-14(20)6-4-13/h3-9H,10H2,1-2H3,(H,21,24)(H,22,23). The number of hydrogen-bond donors (Lipinski definition) is 2. The van der Waals surface area contributed by atoms with Crippen LogP contribution < -0.4 is 10.9 Å². The van der Waals surface area contributed by atoms with Crippen molar-refractivity contribution in [1.82, 2.24) is 10.3 Å². The number of aromatic nitrogens is 1. The molecule has 2 heterocycles. The number of aromatic amines is 1. The summed E-state index contributed by atoms with van der Waals surface area (Å²) >= 11 is 0. The monoisotopic (exact) mass is 340 g/mol. The molecule has 0 aliphatic heterocycles. The Bertz CT molecular complexity index is 971. The molecule has 0 radical (unpaired) electrons. The van der Waals surface area contributed by atoms with Crippen LogP contribution in [0.25, 0.3) is 11.3 Å². The zero-order valence-corrected chi connectivity index (χ0v) is 13.9. The van der Waals surface area contributed by atoms with Crippen LogP contribution >= 0.6 is 0 Å². The third-order valence-corrected chi connectivity index (χ3v) is 3.88. The summed E-state index contributed by atoms with van der Waals surface area (Å²) in [7, 11) is 0. The molecule has 0 fully saturated rings. The molecule has 0 unspecified atom stereocenters. The van der Waals surface area contributed by atoms with Crippen molar-refractivity contribution in [2.45, 2.75) is 20.4 Å². The summed E-state index contributed by atoms with van der Waals surface area (Å²) in [4.78, 5) is 26.9. The summed E-state index contributed by atoms with van der Waals surface area (Å²) in [6.07, 6.45) is 0. The molecule has 128 valence electrons. The largest absolute Gasteiger partial charge is 0.451 e. The number of nitrogens with one attached hydrogen (secondary N) is 2. The third kappa shape index (κ3) is 3.68. The van der Waals surface area contributed by atoms with Crippen molar-refractivity contribution >= 4 is 5.91 Å². The first-order chi connectivity index (χ1) is 11.9. The fourth-order valence-corrected chi connectivity index (χ4v) is 2.59. The summed E-state index contributed by atoms with van der Waals surface area (Å²) in [5, 5.41) is 2.68. The lowest BCUT2D eigenvalue weighted by Gasteiger charge is -2.07. The van der Waals surface area contributed by atoms with E-state index in [-0.39, 0.29) is 23.7 Å². The highest BCUT2D eigenvalue weighted by molar-refractivity contribution is 5.92. The maximum Gasteiger partial charge on any atom is 0.287 e. The Morgan fingerprint density at radius 3 is 2.56 bits per heavy atom. The molecule has 2 aromatic heterocycles. The van der Waals surface area contributed by atoms with Gasteiger partial charge in [-0.3, -0.25) is 9.59 Å². The fraction of sp³-hybridized carbons (Fsp3) is 0.158. The summed E-state index contributed by atoms with van der Waals surface area (Å²) in [6, 6.07) is 10.8. The van der Waals surface area contributed by atoms with Crippen LogP contribution in [0.5, 0.6) is 0 Å². The van der Waals surface area contributed by atoms with Crippen molar-refractivity contribution in [3.8, 4) is 11.3 Å². The molecular weight excluding hydrogens is 323 g/mol. The average Bonchev–Trinajstić information content (AvgIpc) is 3.04. The van der Waals surface area contributed by atoms with E-state index in [1.54, 1.807) is 31.2 Å². The second-order valence-corrected chi connectivity index (χ2v) is 5.80. The number of rotatable bonds is 4. The van der Waals surface area contributed by atoms with Gasteiger partial charge in [-0.2, -0.15) is 0 Å². The zero-order chi connectivity index (χ0) is 18.0. The second-order valence-electron chi connectivity index (χ2n) is 5.80. The Kier molecular flexibility index (Phi) is 4.52. The predicted octanol–water partition coefficient (Wildman–Crippen LogP) is 3.32. The third-order valence-electron chi connectivity index (χ3n) is 3.88. The van der Waals surface area contributed by atoms with Gasteiger partial charge in [0.1, 0.15) is 11.6 Å². The first kappa shape index (κ1) is 16.7. The SMILES string of the molecule is Cc1cc(C)c(CNC(=O)c2ccc(-c3ccc(F)cc3)o2)c(=O)[nH]1. The van der Waals surface area contributed by atoms with Crippen LogP contribution in [0.3, 0.4) is 0 Å². The highest BCUT2D eigenvalue weighted by atomic mass is 19.1. The number of carbonyl (C=O) groups excluding carboxylic acids is 1. The van der Waals surface area contributed by atoms with E-state index < -0.39 is 5.91 Å². The lowest BCUT2D eigenvalue weighted by atomic mass is 10.1. The average molecular weight is 340 g/mol. The number of carbonyl (C=O) groups is 1. The first-order valence-corrected chi connectivity index (χ1v) is 7.77. The normalized spacial score (nSPS) is 10.7. The lowest BCUT2D eigenvalue weighted by Crippen LogP contribution is -2.27. The van der Waals surface area contributed by atoms with Gasteiger partial charge in [-0.05, 0) is 61.9 Å². The molecule has 1 amide bonds. The Balaban J connectivity index is 1.72. The molecule has 0 bridgehead atoms. The molecule has 5 nitrogen and oxygen atoms in total. The van der Waals surface area contributed by atoms with Crippen molar-refractivity contribution in [3.63, 3.8) is 0 Å². The fourth-order valence-electron chi connectivity index (χ4n) is 2.59. The smallest absolute Gasteiger partial charge is 0.287 e. The van der Waals surface area contributed by atoms with E-state index in [9.17, 15) is 14.0 Å². The lowest BCUT2D eigenvalue weighted by molar-refractivity contribution is 0.0924. The number of amides is 1. The number of hydrogen-bond acceptors (Lipinski definition) is 3. The number of halogens is 1. The Morgan fingerprint density at radius 2 is 1.88 bits per heavy atom. The van der Waals surface area contributed by atoms with Gasteiger partial charge in [-0.1, -0.05) is 0 Å². The van der Waals surface area contributed by atoms with Gasteiger partial charge in [0.15, 0.2) is 5.76 Å². The van der Waals surface area contributed by atoms with Gasteiger partial charge < -0.3 is 14.7 Å². The van der Waals surface area contributed by atoms with E-state index in [1.807, 2.05) is 13.0 Å². The van der Waals surface area contributed by atoms with Crippen molar-refractivity contribution in [3.05, 3.63) is 81.2 Å². The molecule has 0 aliphatic carbocycles. The number of benzene rings is 1. The molecule has 1 aromatic carbocycles. The molecule has 6 heteroatoms. The minimum atomic E-state index is -0.423. The van der Waals surface area contributed by atoms with Crippen LogP contribution in [0.15, 0.2) is 51.7 Å². The summed E-state index contributed by atoms with van der Waals surface area (Å²) < 4.78 is 18.5. The summed E-state index contributed by atoms with van der Waals surface area (Å²) in [5.74, 6) is -0.172. The Morgan fingerprint density at radius 1 is 1.16 bits per heavy atom. The van der Waals surface area contributed by atoms with Gasteiger partial charge in [0.2, 0.25) is 0 Å². The van der Waals surface area contributed by atoms with E-state index in [1.165, 1.54) is 12.1 Å². The molecule has 0 aliphatic rings. The molecule has 0 atom stereocenters. The number of pyridine rings is 1. The molecule has 2 N–H and O–H groups in total. The molecule has 0 saturated carbocycles.